The minimum absolute atomic E-state index is 0.0413. The molecular formula is C13H15NO3. The molecule has 1 atom stereocenters. The summed E-state index contributed by atoms with van der Waals surface area (Å²) in [7, 11) is 0. The second-order valence-corrected chi connectivity index (χ2v) is 4.19. The van der Waals surface area contributed by atoms with Crippen LogP contribution in [0.3, 0.4) is 0 Å². The van der Waals surface area contributed by atoms with Crippen LogP contribution in [0.15, 0.2) is 24.3 Å². The lowest BCUT2D eigenvalue weighted by Gasteiger charge is -2.11. The summed E-state index contributed by atoms with van der Waals surface area (Å²) in [6, 6.07) is 7.13. The van der Waals surface area contributed by atoms with Gasteiger partial charge in [-0.2, -0.15) is 0 Å². The molecule has 4 heteroatoms. The summed E-state index contributed by atoms with van der Waals surface area (Å²) < 4.78 is 5.55. The van der Waals surface area contributed by atoms with E-state index in [0.717, 1.165) is 12.2 Å². The van der Waals surface area contributed by atoms with E-state index in [-0.39, 0.29) is 17.7 Å². The first-order valence-corrected chi connectivity index (χ1v) is 5.68. The SMILES string of the molecule is CC(=O)c1ccc(OCC2CCC(=O)N2)cc1. The van der Waals surface area contributed by atoms with Gasteiger partial charge in [0.2, 0.25) is 5.91 Å². The molecule has 1 aliphatic heterocycles. The van der Waals surface area contributed by atoms with Crippen LogP contribution in [-0.2, 0) is 4.79 Å². The number of rotatable bonds is 4. The lowest BCUT2D eigenvalue weighted by Crippen LogP contribution is -2.30. The standard InChI is InChI=1S/C13H15NO3/c1-9(15)10-2-5-12(6-3-10)17-8-11-4-7-13(16)14-11/h2-3,5-6,11H,4,7-8H2,1H3,(H,14,16). The second kappa shape index (κ2) is 4.99. The van der Waals surface area contributed by atoms with E-state index in [1.54, 1.807) is 24.3 Å². The Bertz CT molecular complexity index is 425. The summed E-state index contributed by atoms with van der Waals surface area (Å²) in [5, 5.41) is 2.84. The van der Waals surface area contributed by atoms with Gasteiger partial charge in [0, 0.05) is 12.0 Å². The molecule has 90 valence electrons. The smallest absolute Gasteiger partial charge is 0.220 e. The number of ketones is 1. The maximum atomic E-state index is 11.1. The summed E-state index contributed by atoms with van der Waals surface area (Å²) in [6.45, 7) is 2.01. The monoisotopic (exact) mass is 233 g/mol. The van der Waals surface area contributed by atoms with E-state index in [4.69, 9.17) is 4.74 Å². The van der Waals surface area contributed by atoms with Gasteiger partial charge in [-0.15, -0.1) is 0 Å². The molecule has 1 aromatic rings. The van der Waals surface area contributed by atoms with E-state index >= 15 is 0 Å². The normalized spacial score (nSPS) is 18.9. The molecule has 0 aromatic heterocycles. The van der Waals surface area contributed by atoms with Gasteiger partial charge < -0.3 is 10.1 Å². The number of amides is 1. The maximum absolute atomic E-state index is 11.1. The highest BCUT2D eigenvalue weighted by Crippen LogP contribution is 2.14. The Hall–Kier alpha value is -1.84. The largest absolute Gasteiger partial charge is 0.491 e. The number of nitrogens with one attached hydrogen (secondary N) is 1. The summed E-state index contributed by atoms with van der Waals surface area (Å²) >= 11 is 0. The topological polar surface area (TPSA) is 55.4 Å². The minimum Gasteiger partial charge on any atom is -0.491 e. The van der Waals surface area contributed by atoms with Crippen LogP contribution in [-0.4, -0.2) is 24.3 Å². The van der Waals surface area contributed by atoms with Crippen molar-refractivity contribution in [3.8, 4) is 5.75 Å². The van der Waals surface area contributed by atoms with E-state index < -0.39 is 0 Å². The van der Waals surface area contributed by atoms with Gasteiger partial charge in [-0.1, -0.05) is 0 Å². The summed E-state index contributed by atoms with van der Waals surface area (Å²) in [5.41, 5.74) is 0.673. The molecule has 1 aliphatic rings. The maximum Gasteiger partial charge on any atom is 0.220 e. The van der Waals surface area contributed by atoms with Gasteiger partial charge in [-0.25, -0.2) is 0 Å². The van der Waals surface area contributed by atoms with E-state index in [9.17, 15) is 9.59 Å². The van der Waals surface area contributed by atoms with Crippen molar-refractivity contribution >= 4 is 11.7 Å². The van der Waals surface area contributed by atoms with Gasteiger partial charge in [0.15, 0.2) is 5.78 Å². The second-order valence-electron chi connectivity index (χ2n) is 4.19. The number of hydrogen-bond acceptors (Lipinski definition) is 3. The molecule has 0 spiro atoms. The van der Waals surface area contributed by atoms with Crippen molar-refractivity contribution in [3.63, 3.8) is 0 Å². The van der Waals surface area contributed by atoms with Crippen molar-refractivity contribution in [2.75, 3.05) is 6.61 Å². The predicted molar refractivity (Wildman–Crippen MR) is 63.1 cm³/mol. The molecular weight excluding hydrogens is 218 g/mol. The zero-order chi connectivity index (χ0) is 12.3. The highest BCUT2D eigenvalue weighted by Gasteiger charge is 2.20. The number of Topliss-reactive ketones (excluding diaryl/α,β-unsaturated/α-hetero) is 1. The molecule has 1 unspecified atom stereocenters. The van der Waals surface area contributed by atoms with E-state index in [0.29, 0.717) is 18.6 Å². The first-order valence-electron chi connectivity index (χ1n) is 5.68. The molecule has 1 N–H and O–H groups in total. The summed E-state index contributed by atoms with van der Waals surface area (Å²) in [4.78, 5) is 22.1. The Morgan fingerprint density at radius 3 is 2.65 bits per heavy atom. The van der Waals surface area contributed by atoms with Crippen LogP contribution in [0, 0.1) is 0 Å². The van der Waals surface area contributed by atoms with E-state index in [1.807, 2.05) is 0 Å². The highest BCUT2D eigenvalue weighted by atomic mass is 16.5. The first kappa shape index (κ1) is 11.6. The average Bonchev–Trinajstić information content (AvgIpc) is 2.73. The van der Waals surface area contributed by atoms with Crippen LogP contribution in [0.4, 0.5) is 0 Å². The van der Waals surface area contributed by atoms with Crippen molar-refractivity contribution in [2.24, 2.45) is 0 Å². The Balaban J connectivity index is 1.87. The fourth-order valence-electron chi connectivity index (χ4n) is 1.79. The molecule has 0 aliphatic carbocycles. The van der Waals surface area contributed by atoms with Gasteiger partial charge in [-0.05, 0) is 37.6 Å². The molecule has 1 heterocycles. The van der Waals surface area contributed by atoms with Gasteiger partial charge >= 0.3 is 0 Å². The zero-order valence-electron chi connectivity index (χ0n) is 9.73. The van der Waals surface area contributed by atoms with Crippen LogP contribution in [0.1, 0.15) is 30.1 Å². The van der Waals surface area contributed by atoms with Crippen LogP contribution < -0.4 is 10.1 Å². The summed E-state index contributed by atoms with van der Waals surface area (Å²) in [5.74, 6) is 0.848. The fraction of sp³-hybridized carbons (Fsp3) is 0.385. The molecule has 0 bridgehead atoms. The third kappa shape index (κ3) is 3.06. The van der Waals surface area contributed by atoms with Gasteiger partial charge in [-0.3, -0.25) is 9.59 Å². The highest BCUT2D eigenvalue weighted by molar-refractivity contribution is 5.94. The van der Waals surface area contributed by atoms with Gasteiger partial charge in [0.1, 0.15) is 12.4 Å². The lowest BCUT2D eigenvalue weighted by atomic mass is 10.1. The van der Waals surface area contributed by atoms with E-state index in [2.05, 4.69) is 5.32 Å². The summed E-state index contributed by atoms with van der Waals surface area (Å²) in [6.07, 6.45) is 1.40. The van der Waals surface area contributed by atoms with Crippen LogP contribution in [0.2, 0.25) is 0 Å². The Morgan fingerprint density at radius 2 is 2.12 bits per heavy atom. The number of benzene rings is 1. The fourth-order valence-corrected chi connectivity index (χ4v) is 1.79. The molecule has 0 radical (unpaired) electrons. The Labute approximate surface area is 100.0 Å². The molecule has 2 rings (SSSR count). The molecule has 1 fully saturated rings. The molecule has 1 aromatic carbocycles. The zero-order valence-corrected chi connectivity index (χ0v) is 9.73. The number of ether oxygens (including phenoxy) is 1. The molecule has 4 nitrogen and oxygen atoms in total. The third-order valence-corrected chi connectivity index (χ3v) is 2.80. The quantitative estimate of drug-likeness (QED) is 0.803. The van der Waals surface area contributed by atoms with Crippen molar-refractivity contribution in [1.29, 1.82) is 0 Å². The predicted octanol–water partition coefficient (Wildman–Crippen LogP) is 1.55. The van der Waals surface area contributed by atoms with Crippen molar-refractivity contribution in [3.05, 3.63) is 29.8 Å². The van der Waals surface area contributed by atoms with Gasteiger partial charge in [0.25, 0.3) is 0 Å². The van der Waals surface area contributed by atoms with Crippen LogP contribution >= 0.6 is 0 Å². The lowest BCUT2D eigenvalue weighted by molar-refractivity contribution is -0.119. The van der Waals surface area contributed by atoms with Crippen LogP contribution in [0.5, 0.6) is 5.75 Å². The number of carbonyl (C=O) groups is 2. The number of carbonyl (C=O) groups excluding carboxylic acids is 2. The minimum atomic E-state index is 0.0413. The van der Waals surface area contributed by atoms with Crippen molar-refractivity contribution in [2.45, 2.75) is 25.8 Å². The van der Waals surface area contributed by atoms with Crippen LogP contribution in [0.25, 0.3) is 0 Å². The van der Waals surface area contributed by atoms with Crippen molar-refractivity contribution in [1.82, 2.24) is 5.32 Å². The van der Waals surface area contributed by atoms with Crippen molar-refractivity contribution < 1.29 is 14.3 Å². The molecule has 1 saturated heterocycles. The Kier molecular flexibility index (Phi) is 3.42. The molecule has 1 amide bonds. The third-order valence-electron chi connectivity index (χ3n) is 2.80. The van der Waals surface area contributed by atoms with E-state index in [1.165, 1.54) is 6.92 Å². The molecule has 0 saturated carbocycles. The molecule has 17 heavy (non-hydrogen) atoms. The average molecular weight is 233 g/mol. The van der Waals surface area contributed by atoms with Gasteiger partial charge in [0.05, 0.1) is 6.04 Å². The first-order chi connectivity index (χ1) is 8.15. The number of hydrogen-bond donors (Lipinski definition) is 1. The Morgan fingerprint density at radius 1 is 1.41 bits per heavy atom.